The molecule has 2 aliphatic heterocycles. The van der Waals surface area contributed by atoms with Crippen LogP contribution < -0.4 is 0 Å². The Bertz CT molecular complexity index is 2130. The first-order chi connectivity index (χ1) is 20.8. The fourth-order valence-corrected chi connectivity index (χ4v) is 7.22. The van der Waals surface area contributed by atoms with Crippen molar-refractivity contribution in [2.24, 2.45) is 0 Å². The van der Waals surface area contributed by atoms with E-state index in [1.807, 2.05) is 85.5 Å². The molecule has 0 saturated carbocycles. The van der Waals surface area contributed by atoms with Gasteiger partial charge in [-0.3, -0.25) is 9.97 Å². The second kappa shape index (κ2) is 8.19. The van der Waals surface area contributed by atoms with E-state index in [0.29, 0.717) is 17.5 Å². The van der Waals surface area contributed by atoms with Gasteiger partial charge in [0.05, 0.1) is 16.7 Å². The Hall–Kier alpha value is -5.23. The average Bonchev–Trinajstić information content (AvgIpc) is 3.38. The molecule has 2 aliphatic rings. The molecule has 4 aromatic heterocycles. The zero-order valence-electron chi connectivity index (χ0n) is 24.4. The number of rotatable bonds is 3. The highest BCUT2D eigenvalue weighted by atomic mass is 15.0. The molecule has 0 saturated heterocycles. The fourth-order valence-electron chi connectivity index (χ4n) is 7.22. The lowest BCUT2D eigenvalue weighted by atomic mass is 9.68. The molecule has 0 unspecified atom stereocenters. The molecule has 6 heteroatoms. The normalized spacial score (nSPS) is 15.3. The number of benzene rings is 3. The van der Waals surface area contributed by atoms with Gasteiger partial charge in [-0.25, -0.2) is 15.0 Å². The Morgan fingerprint density at radius 1 is 0.488 bits per heavy atom. The lowest BCUT2D eigenvalue weighted by molar-refractivity contribution is 0.591. The summed E-state index contributed by atoms with van der Waals surface area (Å²) in [7, 11) is 0. The van der Waals surface area contributed by atoms with Gasteiger partial charge in [0.1, 0.15) is 0 Å². The first-order valence-corrected chi connectivity index (χ1v) is 14.7. The monoisotopic (exact) mass is 556 g/mol. The van der Waals surface area contributed by atoms with E-state index >= 15 is 0 Å². The smallest absolute Gasteiger partial charge is 0.164 e. The minimum absolute atomic E-state index is 0.296. The Morgan fingerprint density at radius 2 is 0.907 bits per heavy atom. The van der Waals surface area contributed by atoms with Crippen molar-refractivity contribution in [1.82, 2.24) is 29.5 Å². The third-order valence-electron chi connectivity index (χ3n) is 9.56. The molecule has 0 radical (unpaired) electrons. The van der Waals surface area contributed by atoms with Crippen LogP contribution in [-0.4, -0.2) is 29.5 Å². The predicted octanol–water partition coefficient (Wildman–Crippen LogP) is 8.04. The molecule has 0 bridgehead atoms. The van der Waals surface area contributed by atoms with Gasteiger partial charge < -0.3 is 4.57 Å². The third kappa shape index (κ3) is 3.15. The SMILES string of the molecule is CC1(C)c2cc(-c3nc(-c4ccccc4)nc(-c4ccccc4)n3)cc3c2-n2c4c1cncc4c1cncc(c12)C3(C)C. The van der Waals surface area contributed by atoms with E-state index in [0.717, 1.165) is 27.5 Å². The maximum absolute atomic E-state index is 5.09. The van der Waals surface area contributed by atoms with Gasteiger partial charge in [-0.15, -0.1) is 0 Å². The van der Waals surface area contributed by atoms with Gasteiger partial charge in [-0.05, 0) is 23.3 Å². The van der Waals surface area contributed by atoms with E-state index in [1.165, 1.54) is 39.0 Å². The number of aromatic nitrogens is 6. The van der Waals surface area contributed by atoms with Gasteiger partial charge in [0, 0.05) is 74.2 Å². The van der Waals surface area contributed by atoms with Crippen LogP contribution in [0.25, 0.3) is 61.7 Å². The molecule has 0 aliphatic carbocycles. The van der Waals surface area contributed by atoms with E-state index in [4.69, 9.17) is 24.9 Å². The van der Waals surface area contributed by atoms with Crippen LogP contribution in [0, 0.1) is 0 Å². The molecule has 0 spiro atoms. The molecule has 0 N–H and O–H groups in total. The largest absolute Gasteiger partial charge is 0.308 e. The van der Waals surface area contributed by atoms with Crippen molar-refractivity contribution in [2.45, 2.75) is 38.5 Å². The molecule has 6 nitrogen and oxygen atoms in total. The first kappa shape index (κ1) is 24.4. The lowest BCUT2D eigenvalue weighted by Gasteiger charge is -2.42. The number of hydrogen-bond acceptors (Lipinski definition) is 5. The number of pyridine rings is 2. The van der Waals surface area contributed by atoms with E-state index in [-0.39, 0.29) is 10.8 Å². The molecule has 9 rings (SSSR count). The molecule has 0 atom stereocenters. The summed E-state index contributed by atoms with van der Waals surface area (Å²) in [4.78, 5) is 24.6. The zero-order chi connectivity index (χ0) is 29.1. The number of fused-ring (bicyclic) bond motifs is 1. The molecule has 0 amide bonds. The molecule has 43 heavy (non-hydrogen) atoms. The maximum Gasteiger partial charge on any atom is 0.164 e. The Kier molecular flexibility index (Phi) is 4.65. The van der Waals surface area contributed by atoms with Crippen molar-refractivity contribution in [3.63, 3.8) is 0 Å². The second-order valence-electron chi connectivity index (χ2n) is 12.7. The number of hydrogen-bond donors (Lipinski definition) is 0. The molecule has 3 aromatic carbocycles. The van der Waals surface area contributed by atoms with E-state index < -0.39 is 0 Å². The van der Waals surface area contributed by atoms with E-state index in [9.17, 15) is 0 Å². The third-order valence-corrected chi connectivity index (χ3v) is 9.56. The van der Waals surface area contributed by atoms with Crippen molar-refractivity contribution in [3.8, 4) is 39.9 Å². The van der Waals surface area contributed by atoms with Gasteiger partial charge in [-0.2, -0.15) is 0 Å². The first-order valence-electron chi connectivity index (χ1n) is 14.7. The Morgan fingerprint density at radius 3 is 1.35 bits per heavy atom. The summed E-state index contributed by atoms with van der Waals surface area (Å²) in [6.45, 7) is 9.23. The topological polar surface area (TPSA) is 69.4 Å². The van der Waals surface area contributed by atoms with Gasteiger partial charge in [0.15, 0.2) is 17.5 Å². The van der Waals surface area contributed by atoms with Gasteiger partial charge >= 0.3 is 0 Å². The van der Waals surface area contributed by atoms with Crippen molar-refractivity contribution in [1.29, 1.82) is 0 Å². The zero-order valence-corrected chi connectivity index (χ0v) is 24.4. The summed E-state index contributed by atoms with van der Waals surface area (Å²) < 4.78 is 2.47. The van der Waals surface area contributed by atoms with Crippen LogP contribution in [-0.2, 0) is 10.8 Å². The highest BCUT2D eigenvalue weighted by Gasteiger charge is 2.44. The van der Waals surface area contributed by atoms with Crippen molar-refractivity contribution < 1.29 is 0 Å². The highest BCUT2D eigenvalue weighted by molar-refractivity contribution is 6.13. The molecular formula is C37H28N6. The van der Waals surface area contributed by atoms with Crippen molar-refractivity contribution >= 4 is 21.8 Å². The predicted molar refractivity (Wildman–Crippen MR) is 170 cm³/mol. The average molecular weight is 557 g/mol. The summed E-state index contributed by atoms with van der Waals surface area (Å²) in [5.41, 5.74) is 11.0. The summed E-state index contributed by atoms with van der Waals surface area (Å²) >= 11 is 0. The molecule has 6 heterocycles. The van der Waals surface area contributed by atoms with Crippen LogP contribution in [0.2, 0.25) is 0 Å². The second-order valence-corrected chi connectivity index (χ2v) is 12.7. The van der Waals surface area contributed by atoms with Crippen LogP contribution in [0.3, 0.4) is 0 Å². The maximum atomic E-state index is 5.09. The Labute approximate surface area is 249 Å². The minimum Gasteiger partial charge on any atom is -0.308 e. The van der Waals surface area contributed by atoms with Crippen molar-refractivity contribution in [3.05, 3.63) is 120 Å². The summed E-state index contributed by atoms with van der Waals surface area (Å²) in [5.74, 6) is 1.98. The van der Waals surface area contributed by atoms with E-state index in [1.54, 1.807) is 0 Å². The van der Waals surface area contributed by atoms with Crippen LogP contribution in [0.4, 0.5) is 0 Å². The quantitative estimate of drug-likeness (QED) is 0.220. The minimum atomic E-state index is -0.296. The molecule has 206 valence electrons. The summed E-state index contributed by atoms with van der Waals surface area (Å²) in [5, 5.41) is 2.32. The van der Waals surface area contributed by atoms with Crippen LogP contribution in [0.1, 0.15) is 49.9 Å². The summed E-state index contributed by atoms with van der Waals surface area (Å²) in [6.07, 6.45) is 8.07. The molecule has 0 fully saturated rings. The van der Waals surface area contributed by atoms with Crippen LogP contribution in [0.15, 0.2) is 97.6 Å². The van der Waals surface area contributed by atoms with Crippen LogP contribution in [0.5, 0.6) is 0 Å². The number of nitrogens with zero attached hydrogens (tertiary/aromatic N) is 6. The van der Waals surface area contributed by atoms with Crippen LogP contribution >= 0.6 is 0 Å². The van der Waals surface area contributed by atoms with Crippen molar-refractivity contribution in [2.75, 3.05) is 0 Å². The highest BCUT2D eigenvalue weighted by Crippen LogP contribution is 2.55. The molecular weight excluding hydrogens is 528 g/mol. The van der Waals surface area contributed by atoms with Gasteiger partial charge in [0.25, 0.3) is 0 Å². The summed E-state index contributed by atoms with van der Waals surface area (Å²) in [6, 6.07) is 24.9. The standard InChI is InChI=1S/C37H28N6/c1-36(2)26-15-23(35-41-33(21-11-7-5-8-12-21)40-34(42-35)22-13-9-6-10-14-22)16-27-32(26)43-30-24(17-38-19-28(30)36)25-18-39-20-29(31(25)43)37(27,3)4/h5-20H,1-4H3. The van der Waals surface area contributed by atoms with Gasteiger partial charge in [-0.1, -0.05) is 88.4 Å². The van der Waals surface area contributed by atoms with Gasteiger partial charge in [0.2, 0.25) is 0 Å². The Balaban J connectivity index is 1.39. The lowest BCUT2D eigenvalue weighted by Crippen LogP contribution is -2.33. The molecule has 7 aromatic rings. The van der Waals surface area contributed by atoms with E-state index in [2.05, 4.69) is 44.4 Å². The fraction of sp³-hybridized carbons (Fsp3) is 0.162.